The molecule has 0 bridgehead atoms. The van der Waals surface area contributed by atoms with Gasteiger partial charge >= 0.3 is 6.03 Å². The van der Waals surface area contributed by atoms with Crippen molar-refractivity contribution in [1.29, 1.82) is 0 Å². The van der Waals surface area contributed by atoms with Crippen molar-refractivity contribution in [2.75, 3.05) is 16.8 Å². The molecule has 0 aliphatic carbocycles. The summed E-state index contributed by atoms with van der Waals surface area (Å²) in [4.78, 5) is 22.1. The molecule has 1 unspecified atom stereocenters. The van der Waals surface area contributed by atoms with E-state index in [4.69, 9.17) is 4.74 Å². The van der Waals surface area contributed by atoms with Crippen molar-refractivity contribution in [3.63, 3.8) is 0 Å². The van der Waals surface area contributed by atoms with E-state index in [2.05, 4.69) is 15.3 Å². The molecule has 1 aromatic carbocycles. The molecule has 136 valence electrons. The number of halogens is 1. The highest BCUT2D eigenvalue weighted by Crippen LogP contribution is 2.34. The van der Waals surface area contributed by atoms with E-state index in [-0.39, 0.29) is 12.4 Å². The molecule has 0 saturated carbocycles. The molecule has 0 spiro atoms. The first-order valence-corrected chi connectivity index (χ1v) is 8.20. The van der Waals surface area contributed by atoms with Gasteiger partial charge in [-0.15, -0.1) is 0 Å². The zero-order chi connectivity index (χ0) is 18.8. The van der Waals surface area contributed by atoms with Crippen molar-refractivity contribution >= 4 is 17.5 Å². The Labute approximate surface area is 154 Å². The molecule has 7 nitrogen and oxygen atoms in total. The molecule has 1 aliphatic rings. The van der Waals surface area contributed by atoms with Crippen LogP contribution in [-0.2, 0) is 0 Å². The topological polar surface area (TPSA) is 87.6 Å². The van der Waals surface area contributed by atoms with E-state index in [1.165, 1.54) is 12.1 Å². The third-order valence-electron chi connectivity index (χ3n) is 4.02. The van der Waals surface area contributed by atoms with Gasteiger partial charge in [-0.05, 0) is 36.4 Å². The Morgan fingerprint density at radius 2 is 2.04 bits per heavy atom. The Bertz CT molecular complexity index is 984. The maximum Gasteiger partial charge on any atom is 0.329 e. The number of hydrogen-bond acceptors (Lipinski definition) is 5. The highest BCUT2D eigenvalue weighted by atomic mass is 19.1. The maximum absolute atomic E-state index is 13.5. The van der Waals surface area contributed by atoms with Crippen LogP contribution in [0.3, 0.4) is 0 Å². The van der Waals surface area contributed by atoms with E-state index >= 15 is 0 Å². The molecule has 0 radical (unpaired) electrons. The number of rotatable bonds is 2. The van der Waals surface area contributed by atoms with Crippen LogP contribution >= 0.6 is 0 Å². The lowest BCUT2D eigenvalue weighted by molar-refractivity contribution is 0.0957. The highest BCUT2D eigenvalue weighted by Gasteiger charge is 2.33. The van der Waals surface area contributed by atoms with Crippen LogP contribution in [0.25, 0.3) is 11.3 Å². The second kappa shape index (κ2) is 7.00. The van der Waals surface area contributed by atoms with E-state index in [9.17, 15) is 14.3 Å². The van der Waals surface area contributed by atoms with E-state index in [1.54, 1.807) is 48.8 Å². The number of fused-ring (bicyclic) bond motifs is 1. The summed E-state index contributed by atoms with van der Waals surface area (Å²) in [6.45, 7) is -0.0856. The van der Waals surface area contributed by atoms with Crippen LogP contribution in [0.5, 0.6) is 5.75 Å². The van der Waals surface area contributed by atoms with Gasteiger partial charge in [-0.2, -0.15) is 0 Å². The highest BCUT2D eigenvalue weighted by molar-refractivity contribution is 6.02. The second-order valence-corrected chi connectivity index (χ2v) is 5.86. The van der Waals surface area contributed by atoms with Gasteiger partial charge in [0.05, 0.1) is 5.69 Å². The van der Waals surface area contributed by atoms with Crippen molar-refractivity contribution in [3.8, 4) is 17.0 Å². The lowest BCUT2D eigenvalue weighted by Gasteiger charge is -2.33. The maximum atomic E-state index is 13.5. The van der Waals surface area contributed by atoms with Crippen molar-refractivity contribution in [1.82, 2.24) is 9.97 Å². The summed E-state index contributed by atoms with van der Waals surface area (Å²) >= 11 is 0. The lowest BCUT2D eigenvalue weighted by atomic mass is 10.1. The van der Waals surface area contributed by atoms with Crippen LogP contribution < -0.4 is 15.0 Å². The average Bonchev–Trinajstić information content (AvgIpc) is 2.68. The van der Waals surface area contributed by atoms with Crippen LogP contribution in [0, 0.1) is 5.82 Å². The number of nitrogens with zero attached hydrogens (tertiary/aromatic N) is 3. The summed E-state index contributed by atoms with van der Waals surface area (Å²) in [6.07, 6.45) is 1.87. The van der Waals surface area contributed by atoms with Crippen LogP contribution in [0.4, 0.5) is 20.7 Å². The summed E-state index contributed by atoms with van der Waals surface area (Å²) < 4.78 is 19.0. The lowest BCUT2D eigenvalue weighted by Crippen LogP contribution is -2.49. The summed E-state index contributed by atoms with van der Waals surface area (Å²) in [6, 6.07) is 12.0. The summed E-state index contributed by atoms with van der Waals surface area (Å²) in [5.41, 5.74) is 1.52. The van der Waals surface area contributed by atoms with Gasteiger partial charge in [0.1, 0.15) is 12.4 Å². The SMILES string of the molecule is O=C(Nc1ccncc1)N1c2nc(-c3cccc(F)c3)ccc2OCC1O. The Morgan fingerprint density at radius 3 is 2.81 bits per heavy atom. The fourth-order valence-electron chi connectivity index (χ4n) is 2.76. The number of nitrogens with one attached hydrogen (secondary N) is 1. The average molecular weight is 366 g/mol. The Morgan fingerprint density at radius 1 is 1.22 bits per heavy atom. The number of hydrogen-bond donors (Lipinski definition) is 2. The number of aromatic nitrogens is 2. The number of anilines is 2. The third-order valence-corrected chi connectivity index (χ3v) is 4.02. The number of urea groups is 1. The Balaban J connectivity index is 1.70. The first-order chi connectivity index (χ1) is 13.1. The van der Waals surface area contributed by atoms with Gasteiger partial charge in [0.25, 0.3) is 0 Å². The molecule has 1 aliphatic heterocycles. The third kappa shape index (κ3) is 3.42. The monoisotopic (exact) mass is 366 g/mol. The van der Waals surface area contributed by atoms with Gasteiger partial charge in [-0.25, -0.2) is 19.1 Å². The van der Waals surface area contributed by atoms with Gasteiger partial charge < -0.3 is 15.2 Å². The minimum atomic E-state index is -1.21. The summed E-state index contributed by atoms with van der Waals surface area (Å²) in [5, 5.41) is 13.0. The quantitative estimate of drug-likeness (QED) is 0.728. The number of benzene rings is 1. The van der Waals surface area contributed by atoms with Crippen molar-refractivity contribution in [2.24, 2.45) is 0 Å². The van der Waals surface area contributed by atoms with E-state index in [0.717, 1.165) is 4.90 Å². The Hall–Kier alpha value is -3.52. The van der Waals surface area contributed by atoms with E-state index in [1.807, 2.05) is 0 Å². The van der Waals surface area contributed by atoms with Crippen LogP contribution in [-0.4, -0.2) is 33.9 Å². The second-order valence-electron chi connectivity index (χ2n) is 5.86. The molecular weight excluding hydrogens is 351 g/mol. The van der Waals surface area contributed by atoms with E-state index in [0.29, 0.717) is 22.7 Å². The number of aliphatic hydroxyl groups excluding tert-OH is 1. The van der Waals surface area contributed by atoms with Gasteiger partial charge in [-0.3, -0.25) is 4.98 Å². The molecule has 2 amide bonds. The number of amides is 2. The minimum absolute atomic E-state index is 0.0856. The number of carbonyl (C=O) groups excluding carboxylic acids is 1. The molecular formula is C19H15FN4O3. The first-order valence-electron chi connectivity index (χ1n) is 8.20. The van der Waals surface area contributed by atoms with Crippen molar-refractivity contribution in [3.05, 3.63) is 66.7 Å². The van der Waals surface area contributed by atoms with E-state index < -0.39 is 18.1 Å². The molecule has 0 saturated heterocycles. The normalized spacial score (nSPS) is 15.6. The van der Waals surface area contributed by atoms with Gasteiger partial charge in [0, 0.05) is 23.6 Å². The standard InChI is InChI=1S/C19H15FN4O3/c20-13-3-1-2-12(10-13)15-4-5-16-18(23-15)24(17(25)11-27-16)19(26)22-14-6-8-21-9-7-14/h1-10,17,25H,11H2,(H,21,22,26). The fourth-order valence-corrected chi connectivity index (χ4v) is 2.76. The molecule has 2 aromatic heterocycles. The fraction of sp³-hybridized carbons (Fsp3) is 0.105. The molecule has 2 N–H and O–H groups in total. The zero-order valence-corrected chi connectivity index (χ0v) is 14.0. The predicted molar refractivity (Wildman–Crippen MR) is 96.9 cm³/mol. The van der Waals surface area contributed by atoms with Gasteiger partial charge in [0.2, 0.25) is 0 Å². The van der Waals surface area contributed by atoms with Crippen molar-refractivity contribution < 1.29 is 19.0 Å². The largest absolute Gasteiger partial charge is 0.485 e. The minimum Gasteiger partial charge on any atom is -0.485 e. The molecule has 27 heavy (non-hydrogen) atoms. The first kappa shape index (κ1) is 16.9. The molecule has 8 heteroatoms. The van der Waals surface area contributed by atoms with Gasteiger partial charge in [-0.1, -0.05) is 12.1 Å². The molecule has 0 fully saturated rings. The number of aliphatic hydroxyl groups is 1. The summed E-state index contributed by atoms with van der Waals surface area (Å²) in [7, 11) is 0. The van der Waals surface area contributed by atoms with Crippen molar-refractivity contribution in [2.45, 2.75) is 6.23 Å². The zero-order valence-electron chi connectivity index (χ0n) is 14.0. The van der Waals surface area contributed by atoms with Crippen LogP contribution in [0.2, 0.25) is 0 Å². The van der Waals surface area contributed by atoms with Gasteiger partial charge in [0.15, 0.2) is 17.8 Å². The number of ether oxygens (including phenoxy) is 1. The number of carbonyl (C=O) groups is 1. The molecule has 3 heterocycles. The molecule has 1 atom stereocenters. The van der Waals surface area contributed by atoms with Crippen LogP contribution in [0.15, 0.2) is 60.9 Å². The van der Waals surface area contributed by atoms with Crippen LogP contribution in [0.1, 0.15) is 0 Å². The Kier molecular flexibility index (Phi) is 4.39. The molecule has 4 rings (SSSR count). The summed E-state index contributed by atoms with van der Waals surface area (Å²) in [5.74, 6) is 0.114. The number of pyridine rings is 2. The predicted octanol–water partition coefficient (Wildman–Crippen LogP) is 3.03. The smallest absolute Gasteiger partial charge is 0.329 e. The molecule has 3 aromatic rings.